The molecule has 3 N–H and O–H groups in total. The van der Waals surface area contributed by atoms with Crippen LogP contribution in [0.2, 0.25) is 0 Å². The molecule has 0 saturated heterocycles. The fourth-order valence-corrected chi connectivity index (χ4v) is 1.52. The van der Waals surface area contributed by atoms with Crippen molar-refractivity contribution in [3.05, 3.63) is 11.4 Å². The summed E-state index contributed by atoms with van der Waals surface area (Å²) in [6, 6.07) is 0. The van der Waals surface area contributed by atoms with Gasteiger partial charge in [0.1, 0.15) is 0 Å². The van der Waals surface area contributed by atoms with Gasteiger partial charge in [-0.05, 0) is 0 Å². The standard InChI is InChI=1S/C12H21N3O/c1-11(2,3)8-7(16)9(12(4,5)6)15-10(13)14-8/h16H,1-6H3,(H2,13,14,15). The average molecular weight is 223 g/mol. The van der Waals surface area contributed by atoms with Gasteiger partial charge >= 0.3 is 0 Å². The second kappa shape index (κ2) is 3.61. The fourth-order valence-electron chi connectivity index (χ4n) is 1.52. The van der Waals surface area contributed by atoms with Crippen LogP contribution in [-0.2, 0) is 10.8 Å². The number of aromatic hydroxyl groups is 1. The third-order valence-electron chi connectivity index (χ3n) is 2.32. The van der Waals surface area contributed by atoms with E-state index in [1.807, 2.05) is 41.5 Å². The van der Waals surface area contributed by atoms with Crippen LogP contribution in [0.1, 0.15) is 52.9 Å². The highest BCUT2D eigenvalue weighted by Gasteiger charge is 2.28. The summed E-state index contributed by atoms with van der Waals surface area (Å²) in [5.41, 5.74) is 6.39. The lowest BCUT2D eigenvalue weighted by atomic mass is 9.85. The predicted molar refractivity (Wildman–Crippen MR) is 65.5 cm³/mol. The molecule has 0 atom stereocenters. The molecule has 0 fully saturated rings. The van der Waals surface area contributed by atoms with Crippen LogP contribution in [0.4, 0.5) is 5.95 Å². The average Bonchev–Trinajstić information content (AvgIpc) is 2.04. The number of rotatable bonds is 0. The van der Waals surface area contributed by atoms with E-state index in [9.17, 15) is 5.11 Å². The zero-order valence-corrected chi connectivity index (χ0v) is 10.9. The second-order valence-electron chi connectivity index (χ2n) is 6.13. The number of aromatic nitrogens is 2. The van der Waals surface area contributed by atoms with Crippen molar-refractivity contribution in [1.82, 2.24) is 9.97 Å². The molecule has 1 rings (SSSR count). The number of nitrogen functional groups attached to an aromatic ring is 1. The van der Waals surface area contributed by atoms with Crippen LogP contribution >= 0.6 is 0 Å². The van der Waals surface area contributed by atoms with E-state index in [0.29, 0.717) is 11.4 Å². The van der Waals surface area contributed by atoms with Crippen molar-refractivity contribution in [2.45, 2.75) is 52.4 Å². The third kappa shape index (κ3) is 2.43. The van der Waals surface area contributed by atoms with Crippen LogP contribution in [0.3, 0.4) is 0 Å². The normalized spacial score (nSPS) is 12.9. The molecule has 0 aliphatic rings. The molecule has 4 heteroatoms. The largest absolute Gasteiger partial charge is 0.504 e. The summed E-state index contributed by atoms with van der Waals surface area (Å²) in [6.07, 6.45) is 0. The van der Waals surface area contributed by atoms with E-state index in [0.717, 1.165) is 0 Å². The van der Waals surface area contributed by atoms with E-state index in [-0.39, 0.29) is 22.5 Å². The summed E-state index contributed by atoms with van der Waals surface area (Å²) >= 11 is 0. The number of nitrogens with zero attached hydrogens (tertiary/aromatic N) is 2. The topological polar surface area (TPSA) is 72.0 Å². The Bertz CT molecular complexity index is 365. The van der Waals surface area contributed by atoms with E-state index in [2.05, 4.69) is 9.97 Å². The van der Waals surface area contributed by atoms with E-state index in [4.69, 9.17) is 5.73 Å². The molecule has 0 aliphatic heterocycles. The van der Waals surface area contributed by atoms with Crippen LogP contribution in [-0.4, -0.2) is 15.1 Å². The van der Waals surface area contributed by atoms with E-state index in [1.54, 1.807) is 0 Å². The molecule has 0 spiro atoms. The maximum Gasteiger partial charge on any atom is 0.220 e. The summed E-state index contributed by atoms with van der Waals surface area (Å²) in [7, 11) is 0. The molecular weight excluding hydrogens is 202 g/mol. The van der Waals surface area contributed by atoms with Gasteiger partial charge in [-0.15, -0.1) is 0 Å². The van der Waals surface area contributed by atoms with Gasteiger partial charge in [-0.25, -0.2) is 9.97 Å². The van der Waals surface area contributed by atoms with Crippen molar-refractivity contribution in [3.8, 4) is 5.75 Å². The van der Waals surface area contributed by atoms with Gasteiger partial charge in [0, 0.05) is 10.8 Å². The van der Waals surface area contributed by atoms with Gasteiger partial charge in [-0.3, -0.25) is 0 Å². The Kier molecular flexibility index (Phi) is 2.88. The van der Waals surface area contributed by atoms with Crippen molar-refractivity contribution in [2.24, 2.45) is 0 Å². The number of anilines is 1. The highest BCUT2D eigenvalue weighted by atomic mass is 16.3. The quantitative estimate of drug-likeness (QED) is 0.708. The Hall–Kier alpha value is -1.32. The van der Waals surface area contributed by atoms with Gasteiger partial charge in [-0.1, -0.05) is 41.5 Å². The van der Waals surface area contributed by atoms with Crippen LogP contribution in [0.15, 0.2) is 0 Å². The zero-order valence-electron chi connectivity index (χ0n) is 10.9. The first-order valence-electron chi connectivity index (χ1n) is 5.41. The summed E-state index contributed by atoms with van der Waals surface area (Å²) in [5.74, 6) is 0.377. The Balaban J connectivity index is 3.51. The number of hydrogen-bond donors (Lipinski definition) is 2. The molecule has 1 aromatic rings. The molecule has 0 aliphatic carbocycles. The van der Waals surface area contributed by atoms with Crippen LogP contribution in [0, 0.1) is 0 Å². The first kappa shape index (κ1) is 12.7. The van der Waals surface area contributed by atoms with E-state index in [1.165, 1.54) is 0 Å². The molecule has 0 radical (unpaired) electrons. The monoisotopic (exact) mass is 223 g/mol. The molecule has 0 aromatic carbocycles. The molecule has 0 unspecified atom stereocenters. The minimum atomic E-state index is -0.249. The SMILES string of the molecule is CC(C)(C)c1nc(N)nc(C(C)(C)C)c1O. The van der Waals surface area contributed by atoms with Gasteiger partial charge in [0.15, 0.2) is 5.75 Å². The van der Waals surface area contributed by atoms with Crippen LogP contribution in [0.5, 0.6) is 5.75 Å². The van der Waals surface area contributed by atoms with Gasteiger partial charge in [0.05, 0.1) is 11.4 Å². The van der Waals surface area contributed by atoms with Gasteiger partial charge in [-0.2, -0.15) is 0 Å². The predicted octanol–water partition coefficient (Wildman–Crippen LogP) is 2.36. The minimum absolute atomic E-state index is 0.161. The molecule has 4 nitrogen and oxygen atoms in total. The summed E-state index contributed by atoms with van der Waals surface area (Å²) in [5, 5.41) is 10.2. The van der Waals surface area contributed by atoms with Crippen LogP contribution in [0.25, 0.3) is 0 Å². The van der Waals surface area contributed by atoms with E-state index < -0.39 is 0 Å². The molecule has 0 bridgehead atoms. The van der Waals surface area contributed by atoms with Crippen molar-refractivity contribution in [2.75, 3.05) is 5.73 Å². The molecule has 0 saturated carbocycles. The maximum absolute atomic E-state index is 10.2. The Morgan fingerprint density at radius 3 is 1.44 bits per heavy atom. The zero-order chi connectivity index (χ0) is 12.7. The number of hydrogen-bond acceptors (Lipinski definition) is 4. The molecule has 0 amide bonds. The Morgan fingerprint density at radius 1 is 0.875 bits per heavy atom. The highest BCUT2D eigenvalue weighted by molar-refractivity contribution is 5.42. The van der Waals surface area contributed by atoms with Crippen molar-refractivity contribution < 1.29 is 5.11 Å². The van der Waals surface area contributed by atoms with E-state index >= 15 is 0 Å². The summed E-state index contributed by atoms with van der Waals surface area (Å²) < 4.78 is 0. The lowest BCUT2D eigenvalue weighted by Gasteiger charge is -2.25. The van der Waals surface area contributed by atoms with Crippen LogP contribution < -0.4 is 5.73 Å². The molecular formula is C12H21N3O. The van der Waals surface area contributed by atoms with Gasteiger partial charge < -0.3 is 10.8 Å². The Morgan fingerprint density at radius 2 is 1.19 bits per heavy atom. The molecule has 16 heavy (non-hydrogen) atoms. The number of nitrogens with two attached hydrogens (primary N) is 1. The van der Waals surface area contributed by atoms with Gasteiger partial charge in [0.2, 0.25) is 5.95 Å². The summed E-state index contributed by atoms with van der Waals surface area (Å²) in [6.45, 7) is 11.9. The van der Waals surface area contributed by atoms with Crippen molar-refractivity contribution >= 4 is 5.95 Å². The third-order valence-corrected chi connectivity index (χ3v) is 2.32. The molecule has 1 heterocycles. The first-order chi connectivity index (χ1) is 7.03. The second-order valence-corrected chi connectivity index (χ2v) is 6.13. The van der Waals surface area contributed by atoms with Crippen molar-refractivity contribution in [3.63, 3.8) is 0 Å². The Labute approximate surface area is 96.9 Å². The van der Waals surface area contributed by atoms with Crippen molar-refractivity contribution in [1.29, 1.82) is 0 Å². The molecule has 90 valence electrons. The highest BCUT2D eigenvalue weighted by Crippen LogP contribution is 2.36. The fraction of sp³-hybridized carbons (Fsp3) is 0.667. The molecule has 1 aromatic heterocycles. The maximum atomic E-state index is 10.2. The smallest absolute Gasteiger partial charge is 0.220 e. The first-order valence-corrected chi connectivity index (χ1v) is 5.41. The van der Waals surface area contributed by atoms with Gasteiger partial charge in [0.25, 0.3) is 0 Å². The minimum Gasteiger partial charge on any atom is -0.504 e. The summed E-state index contributed by atoms with van der Waals surface area (Å²) in [4.78, 5) is 8.27. The lowest BCUT2D eigenvalue weighted by Crippen LogP contribution is -2.21. The lowest BCUT2D eigenvalue weighted by molar-refractivity contribution is 0.407.